The number of hydrogen-bond acceptors (Lipinski definition) is 4. The molecule has 0 saturated carbocycles. The Hall–Kier alpha value is -3.21. The van der Waals surface area contributed by atoms with Crippen LogP contribution in [0.1, 0.15) is 37.0 Å². The minimum Gasteiger partial charge on any atom is -0.508 e. The molecule has 160 valence electrons. The van der Waals surface area contributed by atoms with E-state index < -0.39 is 29.3 Å². The van der Waals surface area contributed by atoms with Crippen molar-refractivity contribution in [1.29, 1.82) is 5.26 Å². The number of benzene rings is 2. The van der Waals surface area contributed by atoms with E-state index in [-0.39, 0.29) is 17.4 Å². The van der Waals surface area contributed by atoms with Gasteiger partial charge < -0.3 is 15.2 Å². The lowest BCUT2D eigenvalue weighted by Gasteiger charge is -2.21. The maximum atomic E-state index is 13.2. The number of nitriles is 1. The maximum Gasteiger partial charge on any atom is 0.417 e. The highest BCUT2D eigenvalue weighted by Crippen LogP contribution is 2.34. The van der Waals surface area contributed by atoms with Crippen molar-refractivity contribution in [1.82, 2.24) is 5.32 Å². The van der Waals surface area contributed by atoms with E-state index in [4.69, 9.17) is 10.00 Å². The fraction of sp³-hybridized carbons (Fsp3) is 0.364. The molecule has 1 atom stereocenters. The Morgan fingerprint density at radius 3 is 2.43 bits per heavy atom. The van der Waals surface area contributed by atoms with E-state index in [1.807, 2.05) is 13.8 Å². The second-order valence-corrected chi connectivity index (χ2v) is 7.26. The van der Waals surface area contributed by atoms with Gasteiger partial charge in [-0.1, -0.05) is 26.0 Å². The lowest BCUT2D eigenvalue weighted by atomic mass is 10.0. The average Bonchev–Trinajstić information content (AvgIpc) is 2.68. The number of nitrogens with one attached hydrogen (secondary N) is 1. The van der Waals surface area contributed by atoms with E-state index in [0.29, 0.717) is 19.4 Å². The van der Waals surface area contributed by atoms with Gasteiger partial charge in [-0.3, -0.25) is 4.79 Å². The molecule has 0 bridgehead atoms. The van der Waals surface area contributed by atoms with Crippen LogP contribution in [0.25, 0.3) is 0 Å². The monoisotopic (exact) mass is 420 g/mol. The minimum absolute atomic E-state index is 0.0679. The summed E-state index contributed by atoms with van der Waals surface area (Å²) in [5, 5.41) is 20.9. The van der Waals surface area contributed by atoms with Crippen LogP contribution in [0.3, 0.4) is 0 Å². The van der Waals surface area contributed by atoms with Crippen molar-refractivity contribution in [3.63, 3.8) is 0 Å². The Morgan fingerprint density at radius 2 is 1.87 bits per heavy atom. The number of phenols is 1. The molecule has 0 aliphatic carbocycles. The predicted molar refractivity (Wildman–Crippen MR) is 105 cm³/mol. The van der Waals surface area contributed by atoms with E-state index in [1.165, 1.54) is 12.1 Å². The molecule has 2 aromatic carbocycles. The molecule has 0 aromatic heterocycles. The Kier molecular flexibility index (Phi) is 7.70. The number of hydrogen-bond donors (Lipinski definition) is 2. The standard InChI is InChI=1S/C22H23F3N2O3/c1-14(2)11-20(21(29)27-10-9-15-3-6-17(28)7-4-15)30-18-8-5-16(13-26)19(12-18)22(23,24)25/h3-8,12,14,20,28H,9-11H2,1-2H3,(H,27,29)/t20-/m0/s1. The molecule has 8 heteroatoms. The van der Waals surface area contributed by atoms with Gasteiger partial charge in [0.1, 0.15) is 11.5 Å². The number of alkyl halides is 3. The Morgan fingerprint density at radius 1 is 1.20 bits per heavy atom. The fourth-order valence-electron chi connectivity index (χ4n) is 2.84. The number of carbonyl (C=O) groups is 1. The van der Waals surface area contributed by atoms with Gasteiger partial charge in [-0.15, -0.1) is 0 Å². The van der Waals surface area contributed by atoms with E-state index in [9.17, 15) is 23.1 Å². The van der Waals surface area contributed by atoms with E-state index in [1.54, 1.807) is 24.3 Å². The molecule has 1 amide bonds. The van der Waals surface area contributed by atoms with Crippen LogP contribution < -0.4 is 10.1 Å². The smallest absolute Gasteiger partial charge is 0.417 e. The molecule has 2 N–H and O–H groups in total. The number of ether oxygens (including phenoxy) is 1. The average molecular weight is 420 g/mol. The van der Waals surface area contributed by atoms with Crippen LogP contribution in [0.15, 0.2) is 42.5 Å². The summed E-state index contributed by atoms with van der Waals surface area (Å²) in [6, 6.07) is 11.1. The number of amides is 1. The molecule has 0 unspecified atom stereocenters. The van der Waals surface area contributed by atoms with E-state index in [0.717, 1.165) is 17.7 Å². The number of nitrogens with zero attached hydrogens (tertiary/aromatic N) is 1. The van der Waals surface area contributed by atoms with Gasteiger partial charge in [0, 0.05) is 6.54 Å². The zero-order valence-electron chi connectivity index (χ0n) is 16.7. The van der Waals surface area contributed by atoms with Crippen LogP contribution in [0.4, 0.5) is 13.2 Å². The van der Waals surface area contributed by atoms with Crippen molar-refractivity contribution in [3.8, 4) is 17.6 Å². The van der Waals surface area contributed by atoms with Crippen molar-refractivity contribution in [2.45, 2.75) is 39.0 Å². The number of rotatable bonds is 8. The number of halogens is 3. The Labute approximate surface area is 173 Å². The molecule has 0 heterocycles. The van der Waals surface area contributed by atoms with Gasteiger partial charge >= 0.3 is 6.18 Å². The molecule has 0 aliphatic heterocycles. The minimum atomic E-state index is -4.70. The van der Waals surface area contributed by atoms with Gasteiger partial charge in [-0.05, 0) is 54.7 Å². The molecule has 0 spiro atoms. The van der Waals surface area contributed by atoms with Gasteiger partial charge in [0.2, 0.25) is 0 Å². The second kappa shape index (κ2) is 10.0. The zero-order valence-corrected chi connectivity index (χ0v) is 16.7. The van der Waals surface area contributed by atoms with Gasteiger partial charge in [0.05, 0.1) is 17.2 Å². The first kappa shape index (κ1) is 23.1. The Balaban J connectivity index is 2.08. The molecular weight excluding hydrogens is 397 g/mol. The van der Waals surface area contributed by atoms with Gasteiger partial charge in [-0.2, -0.15) is 18.4 Å². The van der Waals surface area contributed by atoms with Crippen LogP contribution in [0, 0.1) is 17.2 Å². The highest BCUT2D eigenvalue weighted by molar-refractivity contribution is 5.81. The maximum absolute atomic E-state index is 13.2. The fourth-order valence-corrected chi connectivity index (χ4v) is 2.84. The number of aromatic hydroxyl groups is 1. The highest BCUT2D eigenvalue weighted by atomic mass is 19.4. The molecule has 2 rings (SSSR count). The van der Waals surface area contributed by atoms with Crippen molar-refractivity contribution < 1.29 is 27.8 Å². The topological polar surface area (TPSA) is 82.3 Å². The summed E-state index contributed by atoms with van der Waals surface area (Å²) in [5.74, 6) is -0.340. The lowest BCUT2D eigenvalue weighted by Crippen LogP contribution is -2.40. The molecule has 0 radical (unpaired) electrons. The summed E-state index contributed by atoms with van der Waals surface area (Å²) in [7, 11) is 0. The summed E-state index contributed by atoms with van der Waals surface area (Å²) in [4.78, 5) is 12.6. The van der Waals surface area contributed by atoms with E-state index >= 15 is 0 Å². The van der Waals surface area contributed by atoms with Crippen LogP contribution in [-0.2, 0) is 17.4 Å². The van der Waals surface area contributed by atoms with Crippen LogP contribution in [0.5, 0.6) is 11.5 Å². The van der Waals surface area contributed by atoms with E-state index in [2.05, 4.69) is 5.32 Å². The van der Waals surface area contributed by atoms with Crippen LogP contribution in [0.2, 0.25) is 0 Å². The van der Waals surface area contributed by atoms with Gasteiger partial charge in [-0.25, -0.2) is 0 Å². The molecule has 30 heavy (non-hydrogen) atoms. The third-order valence-corrected chi connectivity index (χ3v) is 4.32. The zero-order chi connectivity index (χ0) is 22.3. The first-order valence-electron chi connectivity index (χ1n) is 9.43. The quantitative estimate of drug-likeness (QED) is 0.662. The molecule has 0 fully saturated rings. The first-order valence-corrected chi connectivity index (χ1v) is 9.43. The number of phenolic OH excluding ortho intramolecular Hbond substituents is 1. The summed E-state index contributed by atoms with van der Waals surface area (Å²) < 4.78 is 45.1. The van der Waals surface area contributed by atoms with Crippen molar-refractivity contribution >= 4 is 5.91 Å². The van der Waals surface area contributed by atoms with Crippen molar-refractivity contribution in [2.75, 3.05) is 6.54 Å². The molecule has 5 nitrogen and oxygen atoms in total. The first-order chi connectivity index (χ1) is 14.1. The second-order valence-electron chi connectivity index (χ2n) is 7.26. The van der Waals surface area contributed by atoms with Crippen LogP contribution in [-0.4, -0.2) is 23.7 Å². The summed E-state index contributed by atoms with van der Waals surface area (Å²) >= 11 is 0. The van der Waals surface area contributed by atoms with Gasteiger partial charge in [0.25, 0.3) is 5.91 Å². The van der Waals surface area contributed by atoms with Crippen LogP contribution >= 0.6 is 0 Å². The summed E-state index contributed by atoms with van der Waals surface area (Å²) in [5.41, 5.74) is -0.691. The normalized spacial score (nSPS) is 12.3. The van der Waals surface area contributed by atoms with Crippen molar-refractivity contribution in [2.24, 2.45) is 5.92 Å². The third-order valence-electron chi connectivity index (χ3n) is 4.32. The number of carbonyl (C=O) groups excluding carboxylic acids is 1. The molecule has 2 aromatic rings. The molecular formula is C22H23F3N2O3. The summed E-state index contributed by atoms with van der Waals surface area (Å²) in [6.07, 6.45) is -4.84. The highest BCUT2D eigenvalue weighted by Gasteiger charge is 2.34. The predicted octanol–water partition coefficient (Wildman–Crippen LogP) is 4.44. The SMILES string of the molecule is CC(C)C[C@H](Oc1ccc(C#N)c(C(F)(F)F)c1)C(=O)NCCc1ccc(O)cc1. The third kappa shape index (κ3) is 6.69. The Bertz CT molecular complexity index is 903. The van der Waals surface area contributed by atoms with Gasteiger partial charge in [0.15, 0.2) is 6.10 Å². The molecule has 0 saturated heterocycles. The largest absolute Gasteiger partial charge is 0.508 e. The lowest BCUT2D eigenvalue weighted by molar-refractivity contribution is -0.137. The molecule has 0 aliphatic rings. The summed E-state index contributed by atoms with van der Waals surface area (Å²) in [6.45, 7) is 4.06. The van der Waals surface area contributed by atoms with Crippen molar-refractivity contribution in [3.05, 3.63) is 59.2 Å².